The minimum absolute atomic E-state index is 0. The van der Waals surface area contributed by atoms with Crippen LogP contribution >= 0.6 is 0 Å². The number of hydrogen-bond acceptors (Lipinski definition) is 4. The van der Waals surface area contributed by atoms with Crippen LogP contribution in [0.1, 0.15) is 82.1 Å². The highest BCUT2D eigenvalue weighted by atomic mass is 16.1. The number of nitrogen functional groups attached to an aromatic ring is 1. The SMILES string of the molecule is C.C.CC(=O)CC(C)C.CC(C)CC(C)c1ccc(Nc2ccccc2)cc1.Nc1ccc(Nc2ccccc2)cc1.O.[HH]. The summed E-state index contributed by atoms with van der Waals surface area (Å²) in [7, 11) is 0. The minimum Gasteiger partial charge on any atom is -0.412 e. The fourth-order valence-electron chi connectivity index (χ4n) is 4.26. The van der Waals surface area contributed by atoms with Crippen molar-refractivity contribution >= 4 is 34.2 Å². The number of anilines is 5. The van der Waals surface area contributed by atoms with E-state index in [1.54, 1.807) is 6.92 Å². The maximum absolute atomic E-state index is 10.3. The first-order chi connectivity index (χ1) is 19.1. The quantitative estimate of drug-likeness (QED) is 0.169. The first kappa shape index (κ1) is 41.0. The van der Waals surface area contributed by atoms with Crippen LogP contribution < -0.4 is 16.4 Å². The lowest BCUT2D eigenvalue weighted by molar-refractivity contribution is -0.117. The van der Waals surface area contributed by atoms with Crippen LogP contribution in [0.3, 0.4) is 0 Å². The van der Waals surface area contributed by atoms with Crippen molar-refractivity contribution in [2.45, 2.75) is 75.2 Å². The van der Waals surface area contributed by atoms with Crippen LogP contribution in [0, 0.1) is 11.8 Å². The average Bonchev–Trinajstić information content (AvgIpc) is 2.91. The number of ketones is 1. The lowest BCUT2D eigenvalue weighted by Crippen LogP contribution is -1.99. The zero-order chi connectivity index (χ0) is 29.3. The Bertz CT molecular complexity index is 1230. The first-order valence-electron chi connectivity index (χ1n) is 14.2. The number of carbonyl (C=O) groups excluding carboxylic acids is 1. The van der Waals surface area contributed by atoms with E-state index in [4.69, 9.17) is 5.73 Å². The Labute approximate surface area is 263 Å². The highest BCUT2D eigenvalue weighted by Crippen LogP contribution is 2.25. The number of rotatable bonds is 9. The first-order valence-corrected chi connectivity index (χ1v) is 14.2. The zero-order valence-electron chi connectivity index (χ0n) is 25.5. The Kier molecular flexibility index (Phi) is 21.5. The lowest BCUT2D eigenvalue weighted by atomic mass is 9.92. The van der Waals surface area contributed by atoms with Crippen LogP contribution in [0.15, 0.2) is 109 Å². The van der Waals surface area contributed by atoms with Gasteiger partial charge >= 0.3 is 0 Å². The number of nitrogens with two attached hydrogens (primary N) is 1. The molecular formula is C38H59N3O2. The second kappa shape index (κ2) is 22.5. The van der Waals surface area contributed by atoms with Gasteiger partial charge in [-0.3, -0.25) is 0 Å². The summed E-state index contributed by atoms with van der Waals surface area (Å²) in [4.78, 5) is 10.3. The van der Waals surface area contributed by atoms with Crippen molar-refractivity contribution in [3.63, 3.8) is 0 Å². The molecule has 0 saturated heterocycles. The average molecular weight is 590 g/mol. The molecule has 238 valence electrons. The van der Waals surface area contributed by atoms with Gasteiger partial charge in [0, 0.05) is 36.3 Å². The molecule has 0 saturated carbocycles. The molecule has 0 aliphatic heterocycles. The van der Waals surface area contributed by atoms with Gasteiger partial charge in [-0.2, -0.15) is 0 Å². The minimum atomic E-state index is 0. The van der Waals surface area contributed by atoms with Gasteiger partial charge in [0.05, 0.1) is 0 Å². The predicted octanol–water partition coefficient (Wildman–Crippen LogP) is 10.9. The van der Waals surface area contributed by atoms with E-state index in [2.05, 4.69) is 67.8 Å². The van der Waals surface area contributed by atoms with Crippen molar-refractivity contribution < 1.29 is 11.7 Å². The van der Waals surface area contributed by atoms with Crippen LogP contribution in [0.25, 0.3) is 0 Å². The number of nitrogens with one attached hydrogen (secondary N) is 2. The van der Waals surface area contributed by atoms with Gasteiger partial charge < -0.3 is 26.6 Å². The van der Waals surface area contributed by atoms with Gasteiger partial charge in [-0.25, -0.2) is 0 Å². The second-order valence-electron chi connectivity index (χ2n) is 11.1. The highest BCUT2D eigenvalue weighted by molar-refractivity contribution is 5.75. The molecule has 0 heterocycles. The fourth-order valence-corrected chi connectivity index (χ4v) is 4.26. The number of carbonyl (C=O) groups is 1. The maximum atomic E-state index is 10.3. The maximum Gasteiger partial charge on any atom is 0.130 e. The number of para-hydroxylation sites is 2. The van der Waals surface area contributed by atoms with Gasteiger partial charge in [-0.1, -0.05) is 98.0 Å². The van der Waals surface area contributed by atoms with E-state index in [0.29, 0.717) is 11.8 Å². The molecule has 0 amide bonds. The van der Waals surface area contributed by atoms with E-state index in [-0.39, 0.29) is 27.5 Å². The predicted molar refractivity (Wildman–Crippen MR) is 194 cm³/mol. The molecule has 0 bridgehead atoms. The van der Waals surface area contributed by atoms with Crippen molar-refractivity contribution in [2.75, 3.05) is 16.4 Å². The zero-order valence-corrected chi connectivity index (χ0v) is 25.5. The molecule has 1 atom stereocenters. The highest BCUT2D eigenvalue weighted by Gasteiger charge is 2.07. The second-order valence-corrected chi connectivity index (χ2v) is 11.1. The molecule has 5 nitrogen and oxygen atoms in total. The smallest absolute Gasteiger partial charge is 0.130 e. The summed E-state index contributed by atoms with van der Waals surface area (Å²) in [5.41, 5.74) is 12.2. The Morgan fingerprint density at radius 3 is 1.33 bits per heavy atom. The third kappa shape index (κ3) is 18.1. The summed E-state index contributed by atoms with van der Waals surface area (Å²) in [6, 6.07) is 36.8. The third-order valence-corrected chi connectivity index (χ3v) is 6.04. The summed E-state index contributed by atoms with van der Waals surface area (Å²) in [6.07, 6.45) is 1.96. The van der Waals surface area contributed by atoms with Crippen LogP contribution in [0.2, 0.25) is 0 Å². The Morgan fingerprint density at radius 1 is 0.628 bits per heavy atom. The van der Waals surface area contributed by atoms with E-state index in [1.165, 1.54) is 12.0 Å². The lowest BCUT2D eigenvalue weighted by Gasteiger charge is -2.15. The Balaban J connectivity index is -0.000000599. The summed E-state index contributed by atoms with van der Waals surface area (Å²) in [5, 5.41) is 6.69. The molecule has 0 spiro atoms. The molecule has 0 radical (unpaired) electrons. The van der Waals surface area contributed by atoms with E-state index in [1.807, 2.05) is 86.6 Å². The number of benzene rings is 4. The standard InChI is InChI=1S/C18H23N.C12H12N2.C6H12O.2CH4.H2O.H2/c1-14(2)13-15(3)16-9-11-18(12-10-16)19-17-7-5-4-6-8-17;13-10-6-8-12(9-7-10)14-11-4-2-1-3-5-11;1-5(2)4-6(3)7;;;;/h4-12,14-15,19H,13H2,1-3H3;1-9,14H,13H2;5H,4H2,1-3H3;2*1H4;1H2;1H. The summed E-state index contributed by atoms with van der Waals surface area (Å²) < 4.78 is 0. The van der Waals surface area contributed by atoms with Crippen LogP contribution in [-0.4, -0.2) is 11.3 Å². The molecule has 0 fully saturated rings. The Morgan fingerprint density at radius 2 is 1.00 bits per heavy atom. The van der Waals surface area contributed by atoms with Crippen molar-refractivity contribution in [1.29, 1.82) is 0 Å². The van der Waals surface area contributed by atoms with E-state index >= 15 is 0 Å². The van der Waals surface area contributed by atoms with Crippen LogP contribution in [0.4, 0.5) is 28.4 Å². The number of hydrogen-bond donors (Lipinski definition) is 3. The van der Waals surface area contributed by atoms with Gasteiger partial charge in [-0.15, -0.1) is 0 Å². The molecule has 5 heteroatoms. The van der Waals surface area contributed by atoms with Gasteiger partial charge in [-0.05, 0) is 97.3 Å². The van der Waals surface area contributed by atoms with E-state index in [0.717, 1.165) is 40.8 Å². The fraction of sp³-hybridized carbons (Fsp3) is 0.342. The largest absolute Gasteiger partial charge is 0.412 e. The van der Waals surface area contributed by atoms with Gasteiger partial charge in [0.2, 0.25) is 0 Å². The summed E-state index contributed by atoms with van der Waals surface area (Å²) in [6.45, 7) is 12.6. The monoisotopic (exact) mass is 589 g/mol. The molecule has 0 aliphatic rings. The molecule has 43 heavy (non-hydrogen) atoms. The van der Waals surface area contributed by atoms with Crippen molar-refractivity contribution in [1.82, 2.24) is 0 Å². The Hall–Kier alpha value is -4.09. The van der Waals surface area contributed by atoms with Crippen LogP contribution in [0.5, 0.6) is 0 Å². The molecular weight excluding hydrogens is 530 g/mol. The van der Waals surface area contributed by atoms with Crippen molar-refractivity contribution in [2.24, 2.45) is 11.8 Å². The molecule has 0 aliphatic carbocycles. The molecule has 0 aromatic heterocycles. The van der Waals surface area contributed by atoms with Crippen molar-refractivity contribution in [3.05, 3.63) is 115 Å². The van der Waals surface area contributed by atoms with Gasteiger partial charge in [0.25, 0.3) is 0 Å². The van der Waals surface area contributed by atoms with Gasteiger partial charge in [0.1, 0.15) is 5.78 Å². The molecule has 4 aromatic rings. The third-order valence-electron chi connectivity index (χ3n) is 6.04. The number of Topliss-reactive ketones (excluding diaryl/α,β-unsaturated/α-hetero) is 1. The summed E-state index contributed by atoms with van der Waals surface area (Å²) >= 11 is 0. The van der Waals surface area contributed by atoms with Crippen molar-refractivity contribution in [3.8, 4) is 0 Å². The molecule has 4 aromatic carbocycles. The van der Waals surface area contributed by atoms with Gasteiger partial charge in [0.15, 0.2) is 0 Å². The van der Waals surface area contributed by atoms with Crippen LogP contribution in [-0.2, 0) is 4.79 Å². The normalized spacial score (nSPS) is 10.2. The molecule has 1 unspecified atom stereocenters. The summed E-state index contributed by atoms with van der Waals surface area (Å²) in [5.74, 6) is 2.19. The van der Waals surface area contributed by atoms with E-state index < -0.39 is 0 Å². The topological polar surface area (TPSA) is 98.7 Å². The van der Waals surface area contributed by atoms with E-state index in [9.17, 15) is 4.79 Å². The molecule has 6 N–H and O–H groups in total. The molecule has 4 rings (SSSR count).